The average Bonchev–Trinajstić information content (AvgIpc) is 3.29. The number of likely N-dealkylation sites (tertiary alicyclic amines) is 1. The van der Waals surface area contributed by atoms with Crippen LogP contribution >= 0.6 is 0 Å². The van der Waals surface area contributed by atoms with Gasteiger partial charge in [0, 0.05) is 51.6 Å². The van der Waals surface area contributed by atoms with E-state index in [1.54, 1.807) is 24.3 Å². The van der Waals surface area contributed by atoms with Crippen molar-refractivity contribution in [1.82, 2.24) is 5.32 Å². The fraction of sp³-hybridized carbons (Fsp3) is 0.389. The topological polar surface area (TPSA) is 153 Å². The smallest absolute Gasteiger partial charge is 0.398 e. The van der Waals surface area contributed by atoms with E-state index < -0.39 is 28.7 Å². The van der Waals surface area contributed by atoms with Gasteiger partial charge < -0.3 is 39.1 Å². The third-order valence-corrected chi connectivity index (χ3v) is 8.25. The Bertz CT molecular complexity index is 1650. The number of carbonyl (C=O) groups is 4. The van der Waals surface area contributed by atoms with Crippen LogP contribution in [0.3, 0.4) is 0 Å². The van der Waals surface area contributed by atoms with Gasteiger partial charge in [-0.1, -0.05) is 16.8 Å². The fourth-order valence-corrected chi connectivity index (χ4v) is 5.74. The first-order valence-corrected chi connectivity index (χ1v) is 15.8. The minimum Gasteiger partial charge on any atom is -0.495 e. The molecule has 0 saturated carbocycles. The molecule has 1 heterocycles. The summed E-state index contributed by atoms with van der Waals surface area (Å²) in [5.41, 5.74) is 3.27. The van der Waals surface area contributed by atoms with Crippen LogP contribution in [-0.4, -0.2) is 89.4 Å². The largest absolute Gasteiger partial charge is 0.495 e. The molecule has 13 heteroatoms. The SMILES string of the molecule is COCOc1ccc(N(C)C)cc1C(=O)c1ccc(C(=O)O[N+]2(C(=O)[O-])CCCCC(NC(=O)c3cc(C)c(OCOC)c(C)c3)C2)cc1. The molecule has 0 aromatic heterocycles. The van der Waals surface area contributed by atoms with Gasteiger partial charge >= 0.3 is 12.1 Å². The van der Waals surface area contributed by atoms with Gasteiger partial charge in [0.05, 0.1) is 17.2 Å². The lowest BCUT2D eigenvalue weighted by molar-refractivity contribution is -1.04. The number of carboxylic acid groups (broad SMARTS) is 1. The maximum Gasteiger partial charge on any atom is 0.398 e. The number of methoxy groups -OCH3 is 2. The van der Waals surface area contributed by atoms with Gasteiger partial charge in [-0.25, -0.2) is 4.79 Å². The second-order valence-corrected chi connectivity index (χ2v) is 12.1. The van der Waals surface area contributed by atoms with Crippen molar-refractivity contribution in [3.05, 3.63) is 88.0 Å². The zero-order valence-electron chi connectivity index (χ0n) is 28.7. The Labute approximate surface area is 285 Å². The normalized spacial score (nSPS) is 17.4. The molecular weight excluding hydrogens is 634 g/mol. The molecular formula is C36H43N3O10. The zero-order chi connectivity index (χ0) is 35.7. The van der Waals surface area contributed by atoms with Crippen molar-refractivity contribution in [1.29, 1.82) is 0 Å². The predicted octanol–water partition coefficient (Wildman–Crippen LogP) is 3.78. The molecule has 0 radical (unpaired) electrons. The summed E-state index contributed by atoms with van der Waals surface area (Å²) in [6.07, 6.45) is -0.105. The number of hydrogen-bond donors (Lipinski definition) is 1. The number of hydroxylamine groups is 3. The minimum absolute atomic E-state index is 0.0345. The van der Waals surface area contributed by atoms with Crippen molar-refractivity contribution in [2.75, 3.05) is 59.9 Å². The van der Waals surface area contributed by atoms with Gasteiger partial charge in [-0.3, -0.25) is 14.4 Å². The highest BCUT2D eigenvalue weighted by Crippen LogP contribution is 2.29. The van der Waals surface area contributed by atoms with Gasteiger partial charge in [0.2, 0.25) is 0 Å². The maximum absolute atomic E-state index is 13.5. The Morgan fingerprint density at radius 3 is 2.10 bits per heavy atom. The number of benzene rings is 3. The number of rotatable bonds is 12. The Kier molecular flexibility index (Phi) is 12.3. The zero-order valence-corrected chi connectivity index (χ0v) is 28.7. The van der Waals surface area contributed by atoms with Crippen LogP contribution in [0, 0.1) is 13.8 Å². The Balaban J connectivity index is 1.50. The van der Waals surface area contributed by atoms with E-state index in [1.807, 2.05) is 38.9 Å². The van der Waals surface area contributed by atoms with Crippen molar-refractivity contribution < 1.29 is 52.7 Å². The van der Waals surface area contributed by atoms with E-state index in [0.29, 0.717) is 41.9 Å². The Morgan fingerprint density at radius 2 is 1.49 bits per heavy atom. The van der Waals surface area contributed by atoms with Crippen LogP contribution in [0.5, 0.6) is 11.5 Å². The maximum atomic E-state index is 13.5. The molecule has 3 aromatic carbocycles. The molecule has 0 bridgehead atoms. The van der Waals surface area contributed by atoms with Gasteiger partial charge in [-0.2, -0.15) is 0 Å². The van der Waals surface area contributed by atoms with Crippen LogP contribution in [0.1, 0.15) is 67.0 Å². The monoisotopic (exact) mass is 677 g/mol. The molecule has 1 N–H and O–H groups in total. The van der Waals surface area contributed by atoms with E-state index >= 15 is 0 Å². The first-order chi connectivity index (χ1) is 23.4. The van der Waals surface area contributed by atoms with Crippen LogP contribution in [0.25, 0.3) is 0 Å². The van der Waals surface area contributed by atoms with Gasteiger partial charge in [0.15, 0.2) is 19.4 Å². The van der Waals surface area contributed by atoms with Crippen molar-refractivity contribution in [2.45, 2.75) is 39.2 Å². The van der Waals surface area contributed by atoms with Crippen LogP contribution in [-0.2, 0) is 14.3 Å². The predicted molar refractivity (Wildman–Crippen MR) is 177 cm³/mol. The summed E-state index contributed by atoms with van der Waals surface area (Å²) in [5.74, 6) is -0.702. The highest BCUT2D eigenvalue weighted by molar-refractivity contribution is 6.11. The van der Waals surface area contributed by atoms with Crippen LogP contribution < -0.4 is 24.8 Å². The molecule has 1 aliphatic heterocycles. The highest BCUT2D eigenvalue weighted by Gasteiger charge is 2.42. The van der Waals surface area contributed by atoms with E-state index in [1.165, 1.54) is 38.5 Å². The summed E-state index contributed by atoms with van der Waals surface area (Å²) in [4.78, 5) is 60.2. The first-order valence-electron chi connectivity index (χ1n) is 15.8. The summed E-state index contributed by atoms with van der Waals surface area (Å²) in [7, 11) is 6.69. The van der Waals surface area contributed by atoms with Gasteiger partial charge in [-0.15, -0.1) is 0 Å². The lowest BCUT2D eigenvalue weighted by atomic mass is 10.0. The van der Waals surface area contributed by atoms with Crippen LogP contribution in [0.2, 0.25) is 0 Å². The average molecular weight is 678 g/mol. The first kappa shape index (κ1) is 36.8. The molecule has 13 nitrogen and oxygen atoms in total. The van der Waals surface area contributed by atoms with Gasteiger partial charge in [0.1, 0.15) is 24.6 Å². The summed E-state index contributed by atoms with van der Waals surface area (Å²) in [6, 6.07) is 13.7. The number of nitrogens with zero attached hydrogens (tertiary/aromatic N) is 2. The number of quaternary nitrogens is 1. The van der Waals surface area contributed by atoms with E-state index in [0.717, 1.165) is 16.8 Å². The van der Waals surface area contributed by atoms with Crippen LogP contribution in [0.4, 0.5) is 10.5 Å². The standard InChI is InChI=1S/C36H43N3O10/c1-23-17-27(18-24(2)33(23)48-22-46-6)34(41)37-28-9-7-8-16-39(20-28,36(43)44)49-35(42)26-12-10-25(11-13-26)32(40)30-19-29(38(3)4)14-15-31(30)47-21-45-5/h10-15,17-19,28H,7-9,16,20-22H2,1-6H3,(H-,37,41,43,44). The lowest BCUT2D eigenvalue weighted by Crippen LogP contribution is -2.63. The summed E-state index contributed by atoms with van der Waals surface area (Å²) in [5, 5.41) is 15.5. The van der Waals surface area contributed by atoms with Crippen molar-refractivity contribution in [3.8, 4) is 11.5 Å². The molecule has 0 spiro atoms. The van der Waals surface area contributed by atoms with E-state index in [4.69, 9.17) is 23.8 Å². The number of nitrogens with one attached hydrogen (secondary N) is 1. The van der Waals surface area contributed by atoms with E-state index in [2.05, 4.69) is 5.32 Å². The van der Waals surface area contributed by atoms with Crippen molar-refractivity contribution >= 4 is 29.4 Å². The molecule has 49 heavy (non-hydrogen) atoms. The number of anilines is 1. The number of aryl methyl sites for hydroxylation is 2. The molecule has 3 aromatic rings. The molecule has 4 rings (SSSR count). The molecule has 1 aliphatic rings. The number of amides is 2. The lowest BCUT2D eigenvalue weighted by Gasteiger charge is -2.34. The summed E-state index contributed by atoms with van der Waals surface area (Å²) < 4.78 is 20.1. The van der Waals surface area contributed by atoms with Crippen molar-refractivity contribution in [3.63, 3.8) is 0 Å². The molecule has 2 unspecified atom stereocenters. The molecule has 1 saturated heterocycles. The third kappa shape index (κ3) is 8.93. The number of hydrogen-bond acceptors (Lipinski definition) is 11. The second kappa shape index (κ2) is 16.4. The van der Waals surface area contributed by atoms with Crippen molar-refractivity contribution in [2.24, 2.45) is 0 Å². The van der Waals surface area contributed by atoms with E-state index in [9.17, 15) is 24.3 Å². The minimum atomic E-state index is -1.60. The Morgan fingerprint density at radius 1 is 0.857 bits per heavy atom. The molecule has 0 aliphatic carbocycles. The quantitative estimate of drug-likeness (QED) is 0.169. The fourth-order valence-electron chi connectivity index (χ4n) is 5.74. The van der Waals surface area contributed by atoms with Crippen LogP contribution in [0.15, 0.2) is 54.6 Å². The van der Waals surface area contributed by atoms with Gasteiger partial charge in [0.25, 0.3) is 5.91 Å². The van der Waals surface area contributed by atoms with E-state index in [-0.39, 0.29) is 43.6 Å². The highest BCUT2D eigenvalue weighted by atomic mass is 16.8. The number of carbonyl (C=O) groups excluding carboxylic acids is 4. The second-order valence-electron chi connectivity index (χ2n) is 12.1. The Hall–Kier alpha value is -4.98. The molecule has 2 atom stereocenters. The molecule has 1 fully saturated rings. The number of ketones is 1. The molecule has 262 valence electrons. The molecule has 2 amide bonds. The summed E-state index contributed by atoms with van der Waals surface area (Å²) >= 11 is 0. The number of ether oxygens (including phenoxy) is 4. The summed E-state index contributed by atoms with van der Waals surface area (Å²) in [6.45, 7) is 3.39. The third-order valence-electron chi connectivity index (χ3n) is 8.25. The van der Waals surface area contributed by atoms with Gasteiger partial charge in [-0.05, 0) is 80.3 Å².